The highest BCUT2D eigenvalue weighted by Gasteiger charge is 2.48. The van der Waals surface area contributed by atoms with Crippen molar-refractivity contribution in [2.24, 2.45) is 5.92 Å². The molecule has 6 nitrogen and oxygen atoms in total. The van der Waals surface area contributed by atoms with Crippen LogP contribution in [0, 0.1) is 5.92 Å². The van der Waals surface area contributed by atoms with Crippen LogP contribution in [0.4, 0.5) is 4.79 Å². The Labute approximate surface area is 148 Å². The lowest BCUT2D eigenvalue weighted by molar-refractivity contribution is -0.126. The summed E-state index contributed by atoms with van der Waals surface area (Å²) in [5.74, 6) is 0.815. The minimum atomic E-state index is -0.800. The summed E-state index contributed by atoms with van der Waals surface area (Å²) < 4.78 is 5.88. The number of hydrogen-bond acceptors (Lipinski definition) is 4. The fraction of sp³-hybridized carbons (Fsp3) is 0.579. The van der Waals surface area contributed by atoms with Crippen LogP contribution in [0.5, 0.6) is 5.75 Å². The molecular weight excluding hydrogens is 318 g/mol. The van der Waals surface area contributed by atoms with Crippen LogP contribution < -0.4 is 15.4 Å². The molecule has 0 radical (unpaired) electrons. The second-order valence-corrected chi connectivity index (χ2v) is 7.10. The first-order valence-electron chi connectivity index (χ1n) is 9.09. The van der Waals surface area contributed by atoms with Crippen molar-refractivity contribution in [1.29, 1.82) is 0 Å². The van der Waals surface area contributed by atoms with Gasteiger partial charge >= 0.3 is 6.03 Å². The van der Waals surface area contributed by atoms with Crippen molar-refractivity contribution in [1.82, 2.24) is 15.5 Å². The number of rotatable bonds is 6. The molecule has 2 N–H and O–H groups in total. The van der Waals surface area contributed by atoms with Gasteiger partial charge in [-0.15, -0.1) is 0 Å². The summed E-state index contributed by atoms with van der Waals surface area (Å²) in [5, 5.41) is 5.17. The van der Waals surface area contributed by atoms with Gasteiger partial charge in [-0.3, -0.25) is 15.0 Å². The SMILES string of the molecule is CCc1cccc(OCCN2CCC[C@@H]([C@@]3(C)NC(=O)NC3=O)C2)c1. The molecule has 136 valence electrons. The standard InChI is InChI=1S/C19H27N3O3/c1-3-14-6-4-8-16(12-14)25-11-10-22-9-5-7-15(13-22)19(2)17(23)20-18(24)21-19/h4,6,8,12,15H,3,5,7,9-11,13H2,1-2H3,(H2,20,21,23,24)/t15-,19-/m1/s1. The van der Waals surface area contributed by atoms with Gasteiger partial charge in [0, 0.05) is 19.0 Å². The van der Waals surface area contributed by atoms with E-state index in [-0.39, 0.29) is 17.9 Å². The number of urea groups is 1. The predicted octanol–water partition coefficient (Wildman–Crippen LogP) is 1.94. The van der Waals surface area contributed by atoms with Gasteiger partial charge in [0.25, 0.3) is 5.91 Å². The Morgan fingerprint density at radius 2 is 2.20 bits per heavy atom. The number of nitrogens with one attached hydrogen (secondary N) is 2. The summed E-state index contributed by atoms with van der Waals surface area (Å²) in [5.41, 5.74) is 0.470. The van der Waals surface area contributed by atoms with Crippen molar-refractivity contribution in [2.75, 3.05) is 26.2 Å². The molecule has 1 aromatic carbocycles. The zero-order valence-electron chi connectivity index (χ0n) is 15.0. The Bertz CT molecular complexity index is 649. The number of carbonyl (C=O) groups excluding carboxylic acids is 2. The Balaban J connectivity index is 1.52. The molecule has 3 amide bonds. The maximum Gasteiger partial charge on any atom is 0.322 e. The number of piperidine rings is 1. The monoisotopic (exact) mass is 345 g/mol. The summed E-state index contributed by atoms with van der Waals surface area (Å²) in [6, 6.07) is 7.80. The molecule has 2 saturated heterocycles. The summed E-state index contributed by atoms with van der Waals surface area (Å²) in [7, 11) is 0. The topological polar surface area (TPSA) is 70.7 Å². The minimum Gasteiger partial charge on any atom is -0.492 e. The molecule has 6 heteroatoms. The van der Waals surface area contributed by atoms with Crippen LogP contribution in [0.15, 0.2) is 24.3 Å². The number of hydrogen-bond donors (Lipinski definition) is 2. The fourth-order valence-corrected chi connectivity index (χ4v) is 3.72. The van der Waals surface area contributed by atoms with Crippen LogP contribution in [0.2, 0.25) is 0 Å². The van der Waals surface area contributed by atoms with Gasteiger partial charge in [-0.05, 0) is 50.4 Å². The summed E-state index contributed by atoms with van der Waals surface area (Å²) in [4.78, 5) is 26.0. The molecule has 3 rings (SSSR count). The molecule has 0 saturated carbocycles. The van der Waals surface area contributed by atoms with E-state index in [9.17, 15) is 9.59 Å². The van der Waals surface area contributed by atoms with E-state index in [2.05, 4.69) is 34.6 Å². The molecule has 0 spiro atoms. The molecule has 1 aromatic rings. The molecule has 2 heterocycles. The first-order chi connectivity index (χ1) is 12.0. The molecule has 2 fully saturated rings. The van der Waals surface area contributed by atoms with Gasteiger partial charge in [0.2, 0.25) is 0 Å². The first-order valence-corrected chi connectivity index (χ1v) is 9.09. The number of ether oxygens (including phenoxy) is 1. The van der Waals surface area contributed by atoms with Gasteiger partial charge in [-0.25, -0.2) is 4.79 Å². The Kier molecular flexibility index (Phi) is 5.27. The molecule has 0 bridgehead atoms. The van der Waals surface area contributed by atoms with Crippen LogP contribution in [0.25, 0.3) is 0 Å². The number of benzene rings is 1. The highest BCUT2D eigenvalue weighted by Crippen LogP contribution is 2.29. The van der Waals surface area contributed by atoms with Crippen molar-refractivity contribution < 1.29 is 14.3 Å². The van der Waals surface area contributed by atoms with E-state index in [1.54, 1.807) is 0 Å². The van der Waals surface area contributed by atoms with E-state index in [1.807, 2.05) is 19.1 Å². The van der Waals surface area contributed by atoms with Gasteiger partial charge < -0.3 is 10.1 Å². The van der Waals surface area contributed by atoms with Gasteiger partial charge in [0.1, 0.15) is 17.9 Å². The Hall–Kier alpha value is -2.08. The van der Waals surface area contributed by atoms with Crippen molar-refractivity contribution >= 4 is 11.9 Å². The summed E-state index contributed by atoms with van der Waals surface area (Å²) >= 11 is 0. The normalized spacial score (nSPS) is 27.0. The smallest absolute Gasteiger partial charge is 0.322 e. The van der Waals surface area contributed by atoms with Gasteiger partial charge in [-0.2, -0.15) is 0 Å². The predicted molar refractivity (Wildman–Crippen MR) is 95.6 cm³/mol. The van der Waals surface area contributed by atoms with Crippen LogP contribution in [0.1, 0.15) is 32.3 Å². The third-order valence-electron chi connectivity index (χ3n) is 5.38. The lowest BCUT2D eigenvalue weighted by atomic mass is 9.80. The van der Waals surface area contributed by atoms with E-state index in [4.69, 9.17) is 4.74 Å². The zero-order valence-corrected chi connectivity index (χ0v) is 15.0. The van der Waals surface area contributed by atoms with Gasteiger partial charge in [0.15, 0.2) is 0 Å². The maximum absolute atomic E-state index is 12.1. The van der Waals surface area contributed by atoms with Crippen molar-refractivity contribution in [3.63, 3.8) is 0 Å². The highest BCUT2D eigenvalue weighted by atomic mass is 16.5. The quantitative estimate of drug-likeness (QED) is 0.773. The molecular formula is C19H27N3O3. The van der Waals surface area contributed by atoms with Crippen molar-refractivity contribution in [3.8, 4) is 5.75 Å². The molecule has 0 aliphatic carbocycles. The van der Waals surface area contributed by atoms with Crippen LogP contribution in [-0.4, -0.2) is 48.6 Å². The second kappa shape index (κ2) is 7.44. The summed E-state index contributed by atoms with van der Waals surface area (Å²) in [6.45, 7) is 7.19. The van der Waals surface area contributed by atoms with E-state index < -0.39 is 5.54 Å². The van der Waals surface area contributed by atoms with Gasteiger partial charge in [0.05, 0.1) is 0 Å². The molecule has 2 atom stereocenters. The molecule has 2 aliphatic heterocycles. The molecule has 0 aromatic heterocycles. The van der Waals surface area contributed by atoms with E-state index in [0.717, 1.165) is 44.6 Å². The number of imide groups is 1. The highest BCUT2D eigenvalue weighted by molar-refractivity contribution is 6.06. The molecule has 25 heavy (non-hydrogen) atoms. The number of likely N-dealkylation sites (tertiary alicyclic amines) is 1. The lowest BCUT2D eigenvalue weighted by Crippen LogP contribution is -2.56. The van der Waals surface area contributed by atoms with Crippen molar-refractivity contribution in [2.45, 2.75) is 38.6 Å². The maximum atomic E-state index is 12.1. The number of aryl methyl sites for hydroxylation is 1. The van der Waals surface area contributed by atoms with E-state index in [1.165, 1.54) is 5.56 Å². The number of amides is 3. The fourth-order valence-electron chi connectivity index (χ4n) is 3.72. The largest absolute Gasteiger partial charge is 0.492 e. The number of nitrogens with zero attached hydrogens (tertiary/aromatic N) is 1. The summed E-state index contributed by atoms with van der Waals surface area (Å²) in [6.07, 6.45) is 2.96. The average molecular weight is 345 g/mol. The zero-order chi connectivity index (χ0) is 17.9. The second-order valence-electron chi connectivity index (χ2n) is 7.10. The molecule has 0 unspecified atom stereocenters. The third-order valence-corrected chi connectivity index (χ3v) is 5.38. The van der Waals surface area contributed by atoms with Gasteiger partial charge in [-0.1, -0.05) is 19.1 Å². The Morgan fingerprint density at radius 1 is 1.36 bits per heavy atom. The first kappa shape index (κ1) is 17.7. The minimum absolute atomic E-state index is 0.121. The van der Waals surface area contributed by atoms with E-state index >= 15 is 0 Å². The Morgan fingerprint density at radius 3 is 2.92 bits per heavy atom. The van der Waals surface area contributed by atoms with Crippen LogP contribution >= 0.6 is 0 Å². The van der Waals surface area contributed by atoms with Crippen LogP contribution in [-0.2, 0) is 11.2 Å². The molecule has 2 aliphatic rings. The number of carbonyl (C=O) groups is 2. The third kappa shape index (κ3) is 3.95. The van der Waals surface area contributed by atoms with E-state index in [0.29, 0.717) is 6.61 Å². The average Bonchev–Trinajstić information content (AvgIpc) is 2.88. The van der Waals surface area contributed by atoms with Crippen LogP contribution in [0.3, 0.4) is 0 Å². The lowest BCUT2D eigenvalue weighted by Gasteiger charge is -2.39. The van der Waals surface area contributed by atoms with Crippen molar-refractivity contribution in [3.05, 3.63) is 29.8 Å².